The summed E-state index contributed by atoms with van der Waals surface area (Å²) in [4.78, 5) is 10.6. The fourth-order valence-corrected chi connectivity index (χ4v) is 3.30. The van der Waals surface area contributed by atoms with Gasteiger partial charge in [0.2, 0.25) is 11.7 Å². The molecule has 0 aromatic heterocycles. The fraction of sp³-hybridized carbons (Fsp3) is 0.263. The SMILES string of the molecule is CN1OC2(CCOCc3ccc(-c4cccc(C#N)c4)cc32)N=C1N. The van der Waals surface area contributed by atoms with E-state index in [1.807, 2.05) is 30.3 Å². The Morgan fingerprint density at radius 3 is 2.84 bits per heavy atom. The van der Waals surface area contributed by atoms with Gasteiger partial charge in [-0.2, -0.15) is 5.26 Å². The molecule has 6 nitrogen and oxygen atoms in total. The van der Waals surface area contributed by atoms with Crippen LogP contribution in [0.2, 0.25) is 0 Å². The summed E-state index contributed by atoms with van der Waals surface area (Å²) < 4.78 is 5.71. The van der Waals surface area contributed by atoms with E-state index >= 15 is 0 Å². The van der Waals surface area contributed by atoms with Gasteiger partial charge in [-0.15, -0.1) is 0 Å². The Morgan fingerprint density at radius 1 is 1.24 bits per heavy atom. The van der Waals surface area contributed by atoms with Crippen LogP contribution in [-0.4, -0.2) is 24.7 Å². The van der Waals surface area contributed by atoms with Crippen molar-refractivity contribution < 1.29 is 9.57 Å². The minimum absolute atomic E-state index is 0.352. The first kappa shape index (κ1) is 15.6. The van der Waals surface area contributed by atoms with Crippen molar-refractivity contribution in [3.05, 3.63) is 59.2 Å². The van der Waals surface area contributed by atoms with Crippen LogP contribution < -0.4 is 5.73 Å². The number of nitrogens with two attached hydrogens (primary N) is 1. The molecule has 6 heteroatoms. The quantitative estimate of drug-likeness (QED) is 0.866. The van der Waals surface area contributed by atoms with Crippen molar-refractivity contribution in [1.82, 2.24) is 5.06 Å². The molecule has 2 N–H and O–H groups in total. The van der Waals surface area contributed by atoms with E-state index < -0.39 is 5.72 Å². The largest absolute Gasteiger partial charge is 0.377 e. The van der Waals surface area contributed by atoms with Crippen LogP contribution in [0.5, 0.6) is 0 Å². The Hall–Kier alpha value is -2.88. The van der Waals surface area contributed by atoms with Gasteiger partial charge in [-0.3, -0.25) is 0 Å². The summed E-state index contributed by atoms with van der Waals surface area (Å²) in [7, 11) is 1.75. The molecule has 0 saturated heterocycles. The number of guanidine groups is 1. The Balaban J connectivity index is 1.85. The van der Waals surface area contributed by atoms with Crippen LogP contribution >= 0.6 is 0 Å². The molecule has 4 rings (SSSR count). The van der Waals surface area contributed by atoms with E-state index in [0.717, 1.165) is 22.3 Å². The molecule has 2 aromatic rings. The van der Waals surface area contributed by atoms with E-state index in [0.29, 0.717) is 31.2 Å². The molecular formula is C19H18N4O2. The van der Waals surface area contributed by atoms with E-state index in [1.165, 1.54) is 5.06 Å². The molecule has 0 saturated carbocycles. The van der Waals surface area contributed by atoms with Gasteiger partial charge in [0.15, 0.2) is 0 Å². The zero-order chi connectivity index (χ0) is 17.4. The van der Waals surface area contributed by atoms with E-state index in [4.69, 9.17) is 20.6 Å². The van der Waals surface area contributed by atoms with Gasteiger partial charge in [0.05, 0.1) is 24.8 Å². The molecule has 0 aliphatic carbocycles. The highest BCUT2D eigenvalue weighted by Crippen LogP contribution is 2.41. The summed E-state index contributed by atoms with van der Waals surface area (Å²) in [6.07, 6.45) is 0.590. The van der Waals surface area contributed by atoms with Crippen LogP contribution in [0, 0.1) is 11.3 Å². The van der Waals surface area contributed by atoms with E-state index in [1.54, 1.807) is 13.1 Å². The number of benzene rings is 2. The Morgan fingerprint density at radius 2 is 2.08 bits per heavy atom. The molecule has 2 aromatic carbocycles. The molecule has 2 aliphatic rings. The minimum Gasteiger partial charge on any atom is -0.377 e. The highest BCUT2D eigenvalue weighted by molar-refractivity contribution is 5.79. The van der Waals surface area contributed by atoms with Crippen LogP contribution in [0.15, 0.2) is 47.5 Å². The van der Waals surface area contributed by atoms with Crippen LogP contribution in [0.1, 0.15) is 23.1 Å². The average Bonchev–Trinajstić information content (AvgIpc) is 2.82. The Labute approximate surface area is 146 Å². The molecule has 1 spiro atoms. The summed E-state index contributed by atoms with van der Waals surface area (Å²) in [5.41, 5.74) is 9.70. The first-order valence-electron chi connectivity index (χ1n) is 8.11. The highest BCUT2D eigenvalue weighted by Gasteiger charge is 2.43. The van der Waals surface area contributed by atoms with Crippen LogP contribution in [0.25, 0.3) is 11.1 Å². The highest BCUT2D eigenvalue weighted by atomic mass is 16.7. The van der Waals surface area contributed by atoms with Gasteiger partial charge < -0.3 is 10.5 Å². The maximum absolute atomic E-state index is 9.14. The summed E-state index contributed by atoms with van der Waals surface area (Å²) >= 11 is 0. The Kier molecular flexibility index (Phi) is 3.68. The monoisotopic (exact) mass is 334 g/mol. The lowest BCUT2D eigenvalue weighted by Gasteiger charge is -2.26. The molecule has 126 valence electrons. The zero-order valence-electron chi connectivity index (χ0n) is 13.9. The van der Waals surface area contributed by atoms with Gasteiger partial charge in [-0.25, -0.2) is 14.9 Å². The second kappa shape index (κ2) is 5.88. The normalized spacial score (nSPS) is 22.2. The van der Waals surface area contributed by atoms with Crippen molar-refractivity contribution in [3.63, 3.8) is 0 Å². The van der Waals surface area contributed by atoms with Crippen molar-refractivity contribution in [2.24, 2.45) is 10.7 Å². The number of rotatable bonds is 1. The van der Waals surface area contributed by atoms with Crippen molar-refractivity contribution in [1.29, 1.82) is 5.26 Å². The first-order valence-corrected chi connectivity index (χ1v) is 8.11. The van der Waals surface area contributed by atoms with Gasteiger partial charge in [-0.1, -0.05) is 24.3 Å². The van der Waals surface area contributed by atoms with Crippen molar-refractivity contribution >= 4 is 5.96 Å². The number of aliphatic imine (C=N–C) groups is 1. The molecule has 0 bridgehead atoms. The topological polar surface area (TPSA) is 83.9 Å². The number of hydrogen-bond donors (Lipinski definition) is 1. The number of nitriles is 1. The maximum atomic E-state index is 9.14. The lowest BCUT2D eigenvalue weighted by Crippen LogP contribution is -2.32. The second-order valence-corrected chi connectivity index (χ2v) is 6.21. The molecule has 1 unspecified atom stereocenters. The standard InChI is InChI=1S/C19H18N4O2/c1-23-18(21)22-19(25-23)7-8-24-12-16-6-5-15(10-17(16)19)14-4-2-3-13(9-14)11-20/h2-6,9-10H,7-8,12H2,1H3,(H2,21,22). The van der Waals surface area contributed by atoms with Gasteiger partial charge in [-0.05, 0) is 34.9 Å². The number of fused-ring (bicyclic) bond motifs is 2. The van der Waals surface area contributed by atoms with Crippen LogP contribution in [0.3, 0.4) is 0 Å². The van der Waals surface area contributed by atoms with Crippen molar-refractivity contribution in [3.8, 4) is 17.2 Å². The summed E-state index contributed by atoms with van der Waals surface area (Å²) in [5, 5.41) is 10.6. The van der Waals surface area contributed by atoms with Crippen LogP contribution in [-0.2, 0) is 21.9 Å². The molecular weight excluding hydrogens is 316 g/mol. The Bertz CT molecular complexity index is 903. The third-order valence-electron chi connectivity index (χ3n) is 4.60. The average molecular weight is 334 g/mol. The first-order chi connectivity index (χ1) is 12.1. The lowest BCUT2D eigenvalue weighted by molar-refractivity contribution is -0.178. The molecule has 0 amide bonds. The van der Waals surface area contributed by atoms with Gasteiger partial charge in [0.1, 0.15) is 0 Å². The summed E-state index contributed by atoms with van der Waals surface area (Å²) in [5.74, 6) is 0.352. The molecule has 0 radical (unpaired) electrons. The van der Waals surface area contributed by atoms with E-state index in [9.17, 15) is 0 Å². The minimum atomic E-state index is -0.854. The number of nitrogens with zero attached hydrogens (tertiary/aromatic N) is 3. The lowest BCUT2D eigenvalue weighted by atomic mass is 9.91. The molecule has 25 heavy (non-hydrogen) atoms. The van der Waals surface area contributed by atoms with E-state index in [2.05, 4.69) is 17.1 Å². The molecule has 2 heterocycles. The second-order valence-electron chi connectivity index (χ2n) is 6.21. The smallest absolute Gasteiger partial charge is 0.218 e. The van der Waals surface area contributed by atoms with Gasteiger partial charge >= 0.3 is 0 Å². The van der Waals surface area contributed by atoms with Crippen LogP contribution in [0.4, 0.5) is 0 Å². The maximum Gasteiger partial charge on any atom is 0.218 e. The summed E-state index contributed by atoms with van der Waals surface area (Å²) in [6, 6.07) is 15.8. The molecule has 1 atom stereocenters. The fourth-order valence-electron chi connectivity index (χ4n) is 3.30. The van der Waals surface area contributed by atoms with Crippen molar-refractivity contribution in [2.75, 3.05) is 13.7 Å². The predicted octanol–water partition coefficient (Wildman–Crippen LogP) is 2.49. The van der Waals surface area contributed by atoms with Gasteiger partial charge in [0, 0.05) is 19.0 Å². The number of hydrogen-bond acceptors (Lipinski definition) is 6. The third kappa shape index (κ3) is 2.64. The molecule has 0 fully saturated rings. The number of hydroxylamine groups is 2. The van der Waals surface area contributed by atoms with E-state index in [-0.39, 0.29) is 0 Å². The third-order valence-corrected chi connectivity index (χ3v) is 4.60. The zero-order valence-corrected chi connectivity index (χ0v) is 13.9. The van der Waals surface area contributed by atoms with Gasteiger partial charge in [0.25, 0.3) is 0 Å². The van der Waals surface area contributed by atoms with Crippen molar-refractivity contribution in [2.45, 2.75) is 18.8 Å². The molecule has 2 aliphatic heterocycles. The summed E-state index contributed by atoms with van der Waals surface area (Å²) in [6.45, 7) is 1.05. The predicted molar refractivity (Wildman–Crippen MR) is 93.0 cm³/mol. The number of ether oxygens (including phenoxy) is 1.